The van der Waals surface area contributed by atoms with Gasteiger partial charge in [-0.15, -0.1) is 0 Å². The molecule has 0 unspecified atom stereocenters. The fourth-order valence-electron chi connectivity index (χ4n) is 1.88. The Labute approximate surface area is 141 Å². The van der Waals surface area contributed by atoms with Gasteiger partial charge in [-0.25, -0.2) is 13.1 Å². The summed E-state index contributed by atoms with van der Waals surface area (Å²) in [6, 6.07) is 11.6. The summed E-state index contributed by atoms with van der Waals surface area (Å²) in [4.78, 5) is 0.184. The lowest BCUT2D eigenvalue weighted by Crippen LogP contribution is -2.28. The normalized spacial score (nSPS) is 11.3. The van der Waals surface area contributed by atoms with Crippen LogP contribution >= 0.6 is 11.6 Å². The van der Waals surface area contributed by atoms with Gasteiger partial charge in [0.1, 0.15) is 18.1 Å². The van der Waals surface area contributed by atoms with Gasteiger partial charge in [0, 0.05) is 11.6 Å². The third-order valence-corrected chi connectivity index (χ3v) is 5.04. The molecule has 0 radical (unpaired) electrons. The van der Waals surface area contributed by atoms with Gasteiger partial charge in [0.2, 0.25) is 10.0 Å². The van der Waals surface area contributed by atoms with Crippen LogP contribution in [-0.4, -0.2) is 28.7 Å². The molecule has 0 saturated carbocycles. The fourth-order valence-corrected chi connectivity index (χ4v) is 3.10. The zero-order chi connectivity index (χ0) is 16.9. The largest absolute Gasteiger partial charge is 0.497 e. The second kappa shape index (κ2) is 7.68. The molecule has 2 aromatic carbocycles. The summed E-state index contributed by atoms with van der Waals surface area (Å²) in [5, 5.41) is 0.534. The molecule has 0 aliphatic heterocycles. The van der Waals surface area contributed by atoms with Crippen molar-refractivity contribution >= 4 is 21.6 Å². The summed E-state index contributed by atoms with van der Waals surface area (Å²) in [6.45, 7) is 2.14. The quantitative estimate of drug-likeness (QED) is 0.775. The molecule has 0 saturated heterocycles. The molecule has 0 spiro atoms. The lowest BCUT2D eigenvalue weighted by atomic mass is 10.2. The van der Waals surface area contributed by atoms with Crippen LogP contribution in [0.25, 0.3) is 0 Å². The molecule has 0 bridgehead atoms. The van der Waals surface area contributed by atoms with Crippen molar-refractivity contribution in [3.63, 3.8) is 0 Å². The summed E-state index contributed by atoms with van der Waals surface area (Å²) in [6.07, 6.45) is 0. The van der Waals surface area contributed by atoms with E-state index in [2.05, 4.69) is 4.72 Å². The molecule has 0 aliphatic rings. The van der Waals surface area contributed by atoms with Gasteiger partial charge in [0.15, 0.2) is 0 Å². The summed E-state index contributed by atoms with van der Waals surface area (Å²) in [5.41, 5.74) is 0.712. The fraction of sp³-hybridized carbons (Fsp3) is 0.250. The van der Waals surface area contributed by atoms with E-state index in [1.54, 1.807) is 44.4 Å². The number of benzene rings is 2. The van der Waals surface area contributed by atoms with Gasteiger partial charge in [-0.3, -0.25) is 0 Å². The molecular formula is C16H18ClNO4S. The number of sulfonamides is 1. The number of nitrogens with one attached hydrogen (secondary N) is 1. The summed E-state index contributed by atoms with van der Waals surface area (Å²) < 4.78 is 37.3. The zero-order valence-electron chi connectivity index (χ0n) is 12.9. The lowest BCUT2D eigenvalue weighted by molar-refractivity contribution is 0.322. The van der Waals surface area contributed by atoms with Gasteiger partial charge in [-0.2, -0.15) is 0 Å². The van der Waals surface area contributed by atoms with Crippen molar-refractivity contribution in [1.29, 1.82) is 0 Å². The van der Waals surface area contributed by atoms with Crippen LogP contribution in [0.3, 0.4) is 0 Å². The predicted molar refractivity (Wildman–Crippen MR) is 89.9 cm³/mol. The highest BCUT2D eigenvalue weighted by atomic mass is 35.5. The Bertz CT molecular complexity index is 760. The smallest absolute Gasteiger partial charge is 0.240 e. The number of rotatable bonds is 7. The van der Waals surface area contributed by atoms with Crippen LogP contribution in [0, 0.1) is 6.92 Å². The summed E-state index contributed by atoms with van der Waals surface area (Å²) in [7, 11) is -1.99. The van der Waals surface area contributed by atoms with Crippen molar-refractivity contribution in [2.75, 3.05) is 20.3 Å². The monoisotopic (exact) mass is 355 g/mol. The maximum Gasteiger partial charge on any atom is 0.240 e. The summed E-state index contributed by atoms with van der Waals surface area (Å²) >= 11 is 5.90. The maximum absolute atomic E-state index is 12.2. The van der Waals surface area contributed by atoms with Crippen LogP contribution in [0.4, 0.5) is 0 Å². The molecule has 124 valence electrons. The average Bonchev–Trinajstić information content (AvgIpc) is 2.54. The van der Waals surface area contributed by atoms with Crippen molar-refractivity contribution in [3.05, 3.63) is 53.1 Å². The van der Waals surface area contributed by atoms with E-state index in [0.717, 1.165) is 5.75 Å². The Morgan fingerprint density at radius 1 is 1.09 bits per heavy atom. The van der Waals surface area contributed by atoms with Crippen molar-refractivity contribution in [2.24, 2.45) is 0 Å². The van der Waals surface area contributed by atoms with Crippen molar-refractivity contribution in [1.82, 2.24) is 4.72 Å². The number of halogens is 1. The van der Waals surface area contributed by atoms with Crippen LogP contribution < -0.4 is 14.2 Å². The van der Waals surface area contributed by atoms with E-state index < -0.39 is 10.0 Å². The van der Waals surface area contributed by atoms with Gasteiger partial charge in [0.25, 0.3) is 0 Å². The van der Waals surface area contributed by atoms with E-state index in [0.29, 0.717) is 16.3 Å². The molecule has 2 rings (SSSR count). The zero-order valence-corrected chi connectivity index (χ0v) is 14.4. The van der Waals surface area contributed by atoms with Crippen LogP contribution in [-0.2, 0) is 10.0 Å². The molecule has 7 heteroatoms. The predicted octanol–water partition coefficient (Wildman–Crippen LogP) is 3.01. The average molecular weight is 356 g/mol. The Morgan fingerprint density at radius 3 is 2.35 bits per heavy atom. The third kappa shape index (κ3) is 4.86. The minimum absolute atomic E-state index is 0.163. The Hall–Kier alpha value is -1.76. The Morgan fingerprint density at radius 2 is 1.74 bits per heavy atom. The number of hydrogen-bond donors (Lipinski definition) is 1. The van der Waals surface area contributed by atoms with Crippen LogP contribution in [0.2, 0.25) is 5.02 Å². The molecule has 0 aromatic heterocycles. The van der Waals surface area contributed by atoms with Crippen LogP contribution in [0.5, 0.6) is 11.5 Å². The second-order valence-corrected chi connectivity index (χ2v) is 7.01. The van der Waals surface area contributed by atoms with E-state index >= 15 is 0 Å². The molecule has 0 amide bonds. The molecular weight excluding hydrogens is 338 g/mol. The molecule has 0 aliphatic carbocycles. The number of aryl methyl sites for hydroxylation is 1. The van der Waals surface area contributed by atoms with Gasteiger partial charge in [-0.1, -0.05) is 11.6 Å². The first-order valence-electron chi connectivity index (χ1n) is 6.95. The van der Waals surface area contributed by atoms with E-state index in [4.69, 9.17) is 21.1 Å². The standard InChI is InChI=1S/C16H18ClNO4S/c1-12-11-15(7-8-16(12)17)23(19,20)18-9-10-22-14-5-3-13(21-2)4-6-14/h3-8,11,18H,9-10H2,1-2H3. The molecule has 0 heterocycles. The van der Waals surface area contributed by atoms with E-state index in [9.17, 15) is 8.42 Å². The first-order chi connectivity index (χ1) is 10.9. The molecule has 1 N–H and O–H groups in total. The molecule has 0 atom stereocenters. The van der Waals surface area contributed by atoms with Gasteiger partial charge < -0.3 is 9.47 Å². The third-order valence-electron chi connectivity index (χ3n) is 3.16. The number of methoxy groups -OCH3 is 1. The second-order valence-electron chi connectivity index (χ2n) is 4.83. The van der Waals surface area contributed by atoms with Crippen molar-refractivity contribution in [3.8, 4) is 11.5 Å². The highest BCUT2D eigenvalue weighted by Crippen LogP contribution is 2.19. The number of hydrogen-bond acceptors (Lipinski definition) is 4. The van der Waals surface area contributed by atoms with E-state index in [1.165, 1.54) is 12.1 Å². The Kier molecular flexibility index (Phi) is 5.87. The van der Waals surface area contributed by atoms with Gasteiger partial charge >= 0.3 is 0 Å². The molecule has 2 aromatic rings. The van der Waals surface area contributed by atoms with Crippen LogP contribution in [0.15, 0.2) is 47.4 Å². The SMILES string of the molecule is COc1ccc(OCCNS(=O)(=O)c2ccc(Cl)c(C)c2)cc1. The highest BCUT2D eigenvalue weighted by Gasteiger charge is 2.14. The first kappa shape index (κ1) is 17.6. The van der Waals surface area contributed by atoms with E-state index in [1.807, 2.05) is 0 Å². The minimum Gasteiger partial charge on any atom is -0.497 e. The van der Waals surface area contributed by atoms with Crippen molar-refractivity contribution in [2.45, 2.75) is 11.8 Å². The summed E-state index contributed by atoms with van der Waals surface area (Å²) in [5.74, 6) is 1.38. The topological polar surface area (TPSA) is 64.6 Å². The van der Waals surface area contributed by atoms with E-state index in [-0.39, 0.29) is 18.0 Å². The Balaban J connectivity index is 1.88. The lowest BCUT2D eigenvalue weighted by Gasteiger charge is -2.10. The first-order valence-corrected chi connectivity index (χ1v) is 8.81. The number of ether oxygens (including phenoxy) is 2. The maximum atomic E-state index is 12.2. The minimum atomic E-state index is -3.57. The van der Waals surface area contributed by atoms with Gasteiger partial charge in [-0.05, 0) is 55.0 Å². The molecule has 5 nitrogen and oxygen atoms in total. The molecule has 23 heavy (non-hydrogen) atoms. The molecule has 0 fully saturated rings. The van der Waals surface area contributed by atoms with Crippen molar-refractivity contribution < 1.29 is 17.9 Å². The van der Waals surface area contributed by atoms with Gasteiger partial charge in [0.05, 0.1) is 12.0 Å². The highest BCUT2D eigenvalue weighted by molar-refractivity contribution is 7.89. The van der Waals surface area contributed by atoms with Crippen LogP contribution in [0.1, 0.15) is 5.56 Å².